The topological polar surface area (TPSA) is 89.5 Å². The molecule has 1 atom stereocenters. The van der Waals surface area contributed by atoms with Crippen LogP contribution < -0.4 is 40.0 Å². The number of carbonyl (C=O) groups is 2. The van der Waals surface area contributed by atoms with E-state index in [1.54, 1.807) is 0 Å². The molecular formula is C7H12NNaO4S. The summed E-state index contributed by atoms with van der Waals surface area (Å²) in [6.07, 6.45) is 0. The van der Waals surface area contributed by atoms with Crippen LogP contribution in [0.5, 0.6) is 0 Å². The molecule has 1 amide bonds. The fraction of sp³-hybridized carbons (Fsp3) is 0.714. The molecule has 0 heterocycles. The predicted molar refractivity (Wildman–Crippen MR) is 47.0 cm³/mol. The summed E-state index contributed by atoms with van der Waals surface area (Å²) in [5.41, 5.74) is 0. The van der Waals surface area contributed by atoms with E-state index in [4.69, 9.17) is 5.11 Å². The Kier molecular flexibility index (Phi) is 11.7. The number of nitrogens with one attached hydrogen (secondary N) is 1. The standard InChI is InChI=1S/C7H13NO4S.Na/c1-5(10)8-6(7(11)12)4-13-3-2-9;/h6,9H,2-4H2,1H3,(H,8,10)(H,11,12);/q;+1/p-1. The zero-order valence-electron chi connectivity index (χ0n) is 8.28. The SMILES string of the molecule is CC(=O)NC(CSCCO)C(=O)[O-].[Na+]. The molecule has 0 spiro atoms. The summed E-state index contributed by atoms with van der Waals surface area (Å²) in [4.78, 5) is 21.0. The Morgan fingerprint density at radius 2 is 2.14 bits per heavy atom. The van der Waals surface area contributed by atoms with Gasteiger partial charge in [-0.25, -0.2) is 0 Å². The van der Waals surface area contributed by atoms with Gasteiger partial charge < -0.3 is 20.3 Å². The first-order valence-electron chi connectivity index (χ1n) is 3.74. The largest absolute Gasteiger partial charge is 1.00 e. The number of amides is 1. The molecule has 0 radical (unpaired) electrons. The molecule has 0 rings (SSSR count). The summed E-state index contributed by atoms with van der Waals surface area (Å²) in [5, 5.41) is 21.1. The fourth-order valence-corrected chi connectivity index (χ4v) is 1.43. The van der Waals surface area contributed by atoms with Crippen molar-refractivity contribution in [2.24, 2.45) is 0 Å². The molecule has 0 aromatic rings. The van der Waals surface area contributed by atoms with Gasteiger partial charge in [0.1, 0.15) is 0 Å². The molecule has 0 bridgehead atoms. The summed E-state index contributed by atoms with van der Waals surface area (Å²) < 4.78 is 0. The van der Waals surface area contributed by atoms with Crippen LogP contribution in [0.2, 0.25) is 0 Å². The minimum atomic E-state index is -1.30. The van der Waals surface area contributed by atoms with E-state index in [0.717, 1.165) is 0 Å². The molecule has 0 aliphatic heterocycles. The Labute approximate surface area is 109 Å². The molecule has 5 nitrogen and oxygen atoms in total. The van der Waals surface area contributed by atoms with E-state index in [2.05, 4.69) is 5.32 Å². The van der Waals surface area contributed by atoms with Crippen molar-refractivity contribution in [1.82, 2.24) is 5.32 Å². The van der Waals surface area contributed by atoms with Gasteiger partial charge >= 0.3 is 29.6 Å². The molecule has 0 saturated heterocycles. The van der Waals surface area contributed by atoms with Gasteiger partial charge in [-0.2, -0.15) is 11.8 Å². The number of aliphatic carboxylic acids is 1. The van der Waals surface area contributed by atoms with Gasteiger partial charge in [0.05, 0.1) is 18.6 Å². The molecule has 0 aromatic heterocycles. The molecule has 76 valence electrons. The van der Waals surface area contributed by atoms with E-state index in [1.165, 1.54) is 18.7 Å². The van der Waals surface area contributed by atoms with Crippen molar-refractivity contribution in [1.29, 1.82) is 0 Å². The van der Waals surface area contributed by atoms with E-state index in [1.807, 2.05) is 0 Å². The van der Waals surface area contributed by atoms with E-state index in [-0.39, 0.29) is 41.9 Å². The van der Waals surface area contributed by atoms with Gasteiger partial charge in [-0.1, -0.05) is 0 Å². The smallest absolute Gasteiger partial charge is 0.548 e. The number of hydrogen-bond donors (Lipinski definition) is 2. The van der Waals surface area contributed by atoms with Gasteiger partial charge in [-0.05, 0) is 0 Å². The van der Waals surface area contributed by atoms with Gasteiger partial charge in [0.15, 0.2) is 0 Å². The van der Waals surface area contributed by atoms with Crippen molar-refractivity contribution in [3.8, 4) is 0 Å². The molecule has 0 fully saturated rings. The van der Waals surface area contributed by atoms with Gasteiger partial charge in [0.25, 0.3) is 0 Å². The van der Waals surface area contributed by atoms with E-state index < -0.39 is 17.9 Å². The third-order valence-corrected chi connectivity index (χ3v) is 2.22. The average molecular weight is 229 g/mol. The van der Waals surface area contributed by atoms with Crippen LogP contribution in [0.4, 0.5) is 0 Å². The van der Waals surface area contributed by atoms with Crippen LogP contribution in [0.25, 0.3) is 0 Å². The fourth-order valence-electron chi connectivity index (χ4n) is 0.680. The first-order valence-corrected chi connectivity index (χ1v) is 4.90. The maximum Gasteiger partial charge on any atom is 1.00 e. The number of carbonyl (C=O) groups excluding carboxylic acids is 2. The number of rotatable bonds is 6. The number of carboxylic acid groups (broad SMARTS) is 1. The van der Waals surface area contributed by atoms with Crippen molar-refractivity contribution in [3.63, 3.8) is 0 Å². The molecule has 0 aliphatic carbocycles. The van der Waals surface area contributed by atoms with Gasteiger partial charge in [0.2, 0.25) is 5.91 Å². The van der Waals surface area contributed by atoms with Crippen molar-refractivity contribution < 1.29 is 49.4 Å². The van der Waals surface area contributed by atoms with Gasteiger partial charge in [-0.15, -0.1) is 0 Å². The third-order valence-electron chi connectivity index (χ3n) is 1.18. The summed E-state index contributed by atoms with van der Waals surface area (Å²) in [6, 6.07) is -0.978. The summed E-state index contributed by atoms with van der Waals surface area (Å²) in [5.74, 6) is -1.05. The number of aliphatic hydroxyl groups excluding tert-OH is 1. The maximum absolute atomic E-state index is 10.5. The molecule has 1 unspecified atom stereocenters. The first-order chi connectivity index (χ1) is 6.07. The Hall–Kier alpha value is 0.250. The number of aliphatic hydroxyl groups is 1. The van der Waals surface area contributed by atoms with Crippen LogP contribution in [-0.2, 0) is 9.59 Å². The van der Waals surface area contributed by atoms with Crippen LogP contribution >= 0.6 is 11.8 Å². The Balaban J connectivity index is 0. The second kappa shape index (κ2) is 9.79. The molecule has 14 heavy (non-hydrogen) atoms. The zero-order valence-corrected chi connectivity index (χ0v) is 11.1. The molecule has 0 aromatic carbocycles. The van der Waals surface area contributed by atoms with E-state index in [9.17, 15) is 14.7 Å². The van der Waals surface area contributed by atoms with Crippen LogP contribution in [0.15, 0.2) is 0 Å². The van der Waals surface area contributed by atoms with Crippen LogP contribution in [0.3, 0.4) is 0 Å². The monoisotopic (exact) mass is 229 g/mol. The maximum atomic E-state index is 10.5. The molecule has 2 N–H and O–H groups in total. The zero-order chi connectivity index (χ0) is 10.3. The average Bonchev–Trinajstić information content (AvgIpc) is 2.02. The van der Waals surface area contributed by atoms with Crippen molar-refractivity contribution in [2.75, 3.05) is 18.1 Å². The summed E-state index contributed by atoms with van der Waals surface area (Å²) in [6.45, 7) is 1.23. The van der Waals surface area contributed by atoms with Crippen LogP contribution in [0, 0.1) is 0 Å². The number of thioether (sulfide) groups is 1. The predicted octanol–water partition coefficient (Wildman–Crippen LogP) is -5.03. The molecule has 0 aliphatic rings. The summed E-state index contributed by atoms with van der Waals surface area (Å²) in [7, 11) is 0. The second-order valence-corrected chi connectivity index (χ2v) is 3.52. The Morgan fingerprint density at radius 3 is 2.50 bits per heavy atom. The van der Waals surface area contributed by atoms with Crippen LogP contribution in [-0.4, -0.2) is 41.1 Å². The van der Waals surface area contributed by atoms with Crippen molar-refractivity contribution in [2.45, 2.75) is 13.0 Å². The number of hydrogen-bond acceptors (Lipinski definition) is 5. The Morgan fingerprint density at radius 1 is 1.57 bits per heavy atom. The third kappa shape index (κ3) is 8.83. The molecular weight excluding hydrogens is 217 g/mol. The second-order valence-electron chi connectivity index (χ2n) is 2.37. The summed E-state index contributed by atoms with van der Waals surface area (Å²) >= 11 is 1.25. The minimum absolute atomic E-state index is 0. The first kappa shape index (κ1) is 16.7. The molecule has 0 saturated carbocycles. The normalized spacial score (nSPS) is 11.3. The molecule has 7 heteroatoms. The number of carboxylic acids is 1. The van der Waals surface area contributed by atoms with Crippen LogP contribution in [0.1, 0.15) is 6.92 Å². The van der Waals surface area contributed by atoms with E-state index in [0.29, 0.717) is 5.75 Å². The van der Waals surface area contributed by atoms with Crippen molar-refractivity contribution in [3.05, 3.63) is 0 Å². The van der Waals surface area contributed by atoms with E-state index >= 15 is 0 Å². The Bertz CT molecular complexity index is 191. The van der Waals surface area contributed by atoms with Gasteiger partial charge in [0, 0.05) is 18.4 Å². The quantitative estimate of drug-likeness (QED) is 0.351. The van der Waals surface area contributed by atoms with Gasteiger partial charge in [-0.3, -0.25) is 4.79 Å². The minimum Gasteiger partial charge on any atom is -0.548 e. The van der Waals surface area contributed by atoms with Crippen molar-refractivity contribution >= 4 is 23.6 Å².